The van der Waals surface area contributed by atoms with Crippen molar-refractivity contribution in [3.8, 4) is 17.1 Å². The van der Waals surface area contributed by atoms with E-state index >= 15 is 0 Å². The summed E-state index contributed by atoms with van der Waals surface area (Å²) < 4.78 is 78.2. The molecule has 0 saturated heterocycles. The zero-order chi connectivity index (χ0) is 26.2. The van der Waals surface area contributed by atoms with Crippen LogP contribution in [0.3, 0.4) is 0 Å². The first kappa shape index (κ1) is 25.1. The third-order valence-corrected chi connectivity index (χ3v) is 6.76. The van der Waals surface area contributed by atoms with Crippen molar-refractivity contribution in [1.29, 1.82) is 0 Å². The van der Waals surface area contributed by atoms with Gasteiger partial charge in [-0.15, -0.1) is 0 Å². The summed E-state index contributed by atoms with van der Waals surface area (Å²) in [5.74, 6) is -2.42. The van der Waals surface area contributed by atoms with Crippen LogP contribution in [0.5, 0.6) is 5.75 Å². The van der Waals surface area contributed by atoms with Crippen LogP contribution < -0.4 is 14.4 Å². The van der Waals surface area contributed by atoms with Crippen LogP contribution in [-0.2, 0) is 16.6 Å². The van der Waals surface area contributed by atoms with Crippen LogP contribution >= 0.6 is 0 Å². The van der Waals surface area contributed by atoms with E-state index in [0.29, 0.717) is 11.6 Å². The highest BCUT2D eigenvalue weighted by Gasteiger charge is 2.26. The number of amides is 1. The molecule has 4 aromatic rings. The van der Waals surface area contributed by atoms with Crippen molar-refractivity contribution in [2.75, 3.05) is 24.7 Å². The van der Waals surface area contributed by atoms with E-state index in [9.17, 15) is 26.4 Å². The van der Waals surface area contributed by atoms with Gasteiger partial charge in [0, 0.05) is 42.7 Å². The SMILES string of the molecule is CNC(=O)c1c(-c2ccc(F)cc2)oc2cc(N(C)S(C)(=O)=O)c(OCc3ccc(F)cc3F)cc12. The number of halogens is 3. The van der Waals surface area contributed by atoms with Gasteiger partial charge in [0.2, 0.25) is 10.0 Å². The van der Waals surface area contributed by atoms with Crippen molar-refractivity contribution in [3.05, 3.63) is 83.2 Å². The van der Waals surface area contributed by atoms with Gasteiger partial charge >= 0.3 is 0 Å². The topological polar surface area (TPSA) is 88.9 Å². The molecule has 1 N–H and O–H groups in total. The summed E-state index contributed by atoms with van der Waals surface area (Å²) in [7, 11) is -1.03. The number of sulfonamides is 1. The molecule has 0 saturated carbocycles. The Bertz CT molecular complexity index is 1570. The summed E-state index contributed by atoms with van der Waals surface area (Å²) in [6.07, 6.45) is 0.989. The number of carbonyl (C=O) groups is 1. The van der Waals surface area contributed by atoms with Gasteiger partial charge in [-0.3, -0.25) is 9.10 Å². The van der Waals surface area contributed by atoms with Crippen molar-refractivity contribution in [1.82, 2.24) is 5.32 Å². The van der Waals surface area contributed by atoms with Crippen LogP contribution in [0, 0.1) is 17.5 Å². The minimum absolute atomic E-state index is 0.00996. The van der Waals surface area contributed by atoms with E-state index in [-0.39, 0.29) is 45.9 Å². The highest BCUT2D eigenvalue weighted by atomic mass is 32.2. The van der Waals surface area contributed by atoms with Gasteiger partial charge in [-0.2, -0.15) is 0 Å². The minimum atomic E-state index is -3.76. The lowest BCUT2D eigenvalue weighted by molar-refractivity contribution is 0.0964. The largest absolute Gasteiger partial charge is 0.487 e. The average Bonchev–Trinajstić information content (AvgIpc) is 3.20. The fourth-order valence-corrected chi connectivity index (χ4v) is 4.10. The van der Waals surface area contributed by atoms with E-state index < -0.39 is 33.4 Å². The third-order valence-electron chi connectivity index (χ3n) is 5.57. The van der Waals surface area contributed by atoms with Crippen LogP contribution in [0.4, 0.5) is 18.9 Å². The number of anilines is 1. The van der Waals surface area contributed by atoms with E-state index in [1.54, 1.807) is 0 Å². The molecule has 1 heterocycles. The van der Waals surface area contributed by atoms with Gasteiger partial charge in [-0.25, -0.2) is 21.6 Å². The van der Waals surface area contributed by atoms with E-state index in [1.807, 2.05) is 0 Å². The molecular weight excluding hydrogens is 497 g/mol. The van der Waals surface area contributed by atoms with Crippen molar-refractivity contribution >= 4 is 32.6 Å². The molecule has 0 fully saturated rings. The number of nitrogens with zero attached hydrogens (tertiary/aromatic N) is 1. The number of furan rings is 1. The Morgan fingerprint density at radius 2 is 1.69 bits per heavy atom. The van der Waals surface area contributed by atoms with Gasteiger partial charge < -0.3 is 14.5 Å². The highest BCUT2D eigenvalue weighted by molar-refractivity contribution is 7.92. The lowest BCUT2D eigenvalue weighted by Gasteiger charge is -2.20. The molecule has 0 aliphatic heterocycles. The Morgan fingerprint density at radius 3 is 2.31 bits per heavy atom. The normalized spacial score (nSPS) is 11.5. The summed E-state index contributed by atoms with van der Waals surface area (Å²) in [4.78, 5) is 12.8. The minimum Gasteiger partial charge on any atom is -0.487 e. The van der Waals surface area contributed by atoms with Crippen LogP contribution in [0.1, 0.15) is 15.9 Å². The molecule has 0 aliphatic carbocycles. The molecule has 0 spiro atoms. The molecule has 0 radical (unpaired) electrons. The molecule has 7 nitrogen and oxygen atoms in total. The van der Waals surface area contributed by atoms with Gasteiger partial charge in [-0.1, -0.05) is 0 Å². The number of ether oxygens (including phenoxy) is 1. The maximum atomic E-state index is 14.2. The number of rotatable bonds is 7. The predicted octanol–water partition coefficient (Wildman–Crippen LogP) is 4.85. The second-order valence-corrected chi connectivity index (χ2v) is 9.98. The summed E-state index contributed by atoms with van der Waals surface area (Å²) in [5, 5.41) is 2.81. The number of benzene rings is 3. The van der Waals surface area contributed by atoms with E-state index in [4.69, 9.17) is 9.15 Å². The molecule has 1 amide bonds. The fourth-order valence-electron chi connectivity index (χ4n) is 3.60. The summed E-state index contributed by atoms with van der Waals surface area (Å²) in [5.41, 5.74) is 0.801. The quantitative estimate of drug-likeness (QED) is 0.378. The second kappa shape index (κ2) is 9.57. The van der Waals surface area contributed by atoms with E-state index in [2.05, 4.69) is 5.32 Å². The van der Waals surface area contributed by atoms with Gasteiger partial charge in [-0.05, 0) is 42.5 Å². The van der Waals surface area contributed by atoms with Crippen molar-refractivity contribution in [2.45, 2.75) is 6.61 Å². The van der Waals surface area contributed by atoms with Crippen LogP contribution in [0.2, 0.25) is 0 Å². The Kier molecular flexibility index (Phi) is 6.68. The van der Waals surface area contributed by atoms with Crippen LogP contribution in [0.25, 0.3) is 22.3 Å². The molecule has 0 atom stereocenters. The monoisotopic (exact) mass is 518 g/mol. The number of carbonyl (C=O) groups excluding carboxylic acids is 1. The molecule has 4 rings (SSSR count). The van der Waals surface area contributed by atoms with Crippen molar-refractivity contribution < 1.29 is 35.5 Å². The number of fused-ring (bicyclic) bond motifs is 1. The van der Waals surface area contributed by atoms with Crippen molar-refractivity contribution in [2.24, 2.45) is 0 Å². The van der Waals surface area contributed by atoms with E-state index in [0.717, 1.165) is 16.6 Å². The van der Waals surface area contributed by atoms with Crippen LogP contribution in [0.15, 0.2) is 59.0 Å². The molecule has 11 heteroatoms. The molecular formula is C25H21F3N2O5S. The standard InChI is InChI=1S/C25H21F3N2O5S/c1-29-25(31)23-18-11-22(34-13-15-6-9-17(27)10-19(15)28)20(30(2)36(3,32)33)12-21(18)35-24(23)14-4-7-16(26)8-5-14/h4-12H,13H2,1-3H3,(H,29,31). The first-order valence-electron chi connectivity index (χ1n) is 10.6. The van der Waals surface area contributed by atoms with Gasteiger partial charge in [0.05, 0.1) is 17.5 Å². The number of nitrogens with one attached hydrogen (secondary N) is 1. The maximum Gasteiger partial charge on any atom is 0.255 e. The fraction of sp³-hybridized carbons (Fsp3) is 0.160. The second-order valence-electron chi connectivity index (χ2n) is 7.96. The lowest BCUT2D eigenvalue weighted by Crippen LogP contribution is -2.25. The Morgan fingerprint density at radius 1 is 1.03 bits per heavy atom. The number of hydrogen-bond acceptors (Lipinski definition) is 5. The van der Waals surface area contributed by atoms with Gasteiger partial charge in [0.1, 0.15) is 41.2 Å². The van der Waals surface area contributed by atoms with Gasteiger partial charge in [0.15, 0.2) is 0 Å². The molecule has 0 unspecified atom stereocenters. The smallest absolute Gasteiger partial charge is 0.255 e. The molecule has 188 valence electrons. The Hall–Kier alpha value is -3.99. The summed E-state index contributed by atoms with van der Waals surface area (Å²) in [6.45, 7) is -0.347. The van der Waals surface area contributed by atoms with E-state index in [1.165, 1.54) is 56.6 Å². The van der Waals surface area contributed by atoms with Gasteiger partial charge in [0.25, 0.3) is 5.91 Å². The molecule has 0 bridgehead atoms. The van der Waals surface area contributed by atoms with Crippen LogP contribution in [-0.4, -0.2) is 34.7 Å². The molecule has 1 aromatic heterocycles. The Balaban J connectivity index is 1.91. The average molecular weight is 519 g/mol. The predicted molar refractivity (Wildman–Crippen MR) is 129 cm³/mol. The highest BCUT2D eigenvalue weighted by Crippen LogP contribution is 2.41. The maximum absolute atomic E-state index is 14.2. The summed E-state index contributed by atoms with van der Waals surface area (Å²) >= 11 is 0. The first-order chi connectivity index (χ1) is 17.0. The Labute approximate surface area is 205 Å². The third kappa shape index (κ3) is 4.87. The summed E-state index contributed by atoms with van der Waals surface area (Å²) in [6, 6.07) is 11.1. The molecule has 0 aliphatic rings. The zero-order valence-corrected chi connectivity index (χ0v) is 20.3. The lowest BCUT2D eigenvalue weighted by atomic mass is 10.0. The zero-order valence-electron chi connectivity index (χ0n) is 19.4. The molecule has 36 heavy (non-hydrogen) atoms. The molecule has 3 aromatic carbocycles. The number of hydrogen-bond donors (Lipinski definition) is 1. The first-order valence-corrected chi connectivity index (χ1v) is 12.4. The van der Waals surface area contributed by atoms with Crippen molar-refractivity contribution in [3.63, 3.8) is 0 Å².